The third-order valence-corrected chi connectivity index (χ3v) is 4.68. The molecule has 2 aromatic heterocycles. The number of halogens is 1. The van der Waals surface area contributed by atoms with Crippen molar-refractivity contribution in [2.24, 2.45) is 0 Å². The first-order valence-corrected chi connectivity index (χ1v) is 9.07. The fraction of sp³-hybridized carbons (Fsp3) is 0.167. The molecule has 0 atom stereocenters. The van der Waals surface area contributed by atoms with Crippen molar-refractivity contribution in [1.29, 1.82) is 0 Å². The van der Waals surface area contributed by atoms with Gasteiger partial charge in [-0.1, -0.05) is 11.6 Å². The highest BCUT2D eigenvalue weighted by Gasteiger charge is 2.18. The highest BCUT2D eigenvalue weighted by Crippen LogP contribution is 2.23. The number of rotatable bonds is 6. The number of carbonyl (C=O) groups excluding carboxylic acids is 2. The Morgan fingerprint density at radius 1 is 1.27 bits per heavy atom. The van der Waals surface area contributed by atoms with Crippen molar-refractivity contribution >= 4 is 45.6 Å². The molecular weight excluding hydrogens is 374 g/mol. The Kier molecular flexibility index (Phi) is 5.70. The average molecular weight is 390 g/mol. The molecule has 2 heterocycles. The van der Waals surface area contributed by atoms with Gasteiger partial charge in [-0.25, -0.2) is 4.98 Å². The van der Waals surface area contributed by atoms with Gasteiger partial charge in [0.25, 0.3) is 0 Å². The number of hydrogen-bond donors (Lipinski definition) is 1. The van der Waals surface area contributed by atoms with E-state index in [2.05, 4.69) is 10.3 Å². The Labute approximate surface area is 159 Å². The molecule has 0 fully saturated rings. The topological polar surface area (TPSA) is 75.4 Å². The molecule has 0 aliphatic carbocycles. The number of nitrogens with zero attached hydrogens (tertiary/aromatic N) is 2. The molecule has 0 bridgehead atoms. The summed E-state index contributed by atoms with van der Waals surface area (Å²) in [7, 11) is 0. The number of aromatic nitrogens is 1. The highest BCUT2D eigenvalue weighted by atomic mass is 35.5. The van der Waals surface area contributed by atoms with Gasteiger partial charge in [-0.05, 0) is 36.4 Å². The van der Waals surface area contributed by atoms with Crippen LogP contribution in [0.3, 0.4) is 0 Å². The van der Waals surface area contributed by atoms with Crippen molar-refractivity contribution in [2.45, 2.75) is 19.9 Å². The van der Waals surface area contributed by atoms with Gasteiger partial charge in [0.05, 0.1) is 24.9 Å². The van der Waals surface area contributed by atoms with Crippen LogP contribution in [-0.4, -0.2) is 16.8 Å². The van der Waals surface area contributed by atoms with Gasteiger partial charge in [0, 0.05) is 23.0 Å². The quantitative estimate of drug-likeness (QED) is 0.687. The second kappa shape index (κ2) is 8.16. The predicted octanol–water partition coefficient (Wildman–Crippen LogP) is 4.12. The van der Waals surface area contributed by atoms with E-state index in [1.165, 1.54) is 23.2 Å². The van der Waals surface area contributed by atoms with E-state index < -0.39 is 0 Å². The fourth-order valence-electron chi connectivity index (χ4n) is 2.28. The molecule has 0 spiro atoms. The maximum Gasteiger partial charge on any atom is 0.230 e. The molecule has 0 radical (unpaired) electrons. The van der Waals surface area contributed by atoms with E-state index in [4.69, 9.17) is 16.0 Å². The SMILES string of the molecule is CC(=O)N(Cc1ccco1)c1nc(CC(=O)Nc2ccc(Cl)cc2)cs1. The normalized spacial score (nSPS) is 10.5. The maximum atomic E-state index is 12.2. The van der Waals surface area contributed by atoms with E-state index in [-0.39, 0.29) is 18.2 Å². The Balaban J connectivity index is 1.65. The van der Waals surface area contributed by atoms with Crippen LogP contribution in [-0.2, 0) is 22.6 Å². The lowest BCUT2D eigenvalue weighted by Gasteiger charge is -2.16. The number of amides is 2. The zero-order valence-electron chi connectivity index (χ0n) is 13.9. The lowest BCUT2D eigenvalue weighted by Crippen LogP contribution is -2.27. The number of thiazole rings is 1. The Morgan fingerprint density at radius 2 is 2.04 bits per heavy atom. The molecule has 0 saturated carbocycles. The molecule has 3 aromatic rings. The summed E-state index contributed by atoms with van der Waals surface area (Å²) in [6.07, 6.45) is 1.67. The van der Waals surface area contributed by atoms with Crippen molar-refractivity contribution in [3.63, 3.8) is 0 Å². The molecule has 8 heteroatoms. The number of benzene rings is 1. The summed E-state index contributed by atoms with van der Waals surface area (Å²) < 4.78 is 5.29. The number of anilines is 2. The van der Waals surface area contributed by atoms with Crippen molar-refractivity contribution < 1.29 is 14.0 Å². The Hall–Kier alpha value is -2.64. The molecular formula is C18H16ClN3O3S. The van der Waals surface area contributed by atoms with E-state index in [0.29, 0.717) is 33.8 Å². The summed E-state index contributed by atoms with van der Waals surface area (Å²) in [5.74, 6) is 0.329. The summed E-state index contributed by atoms with van der Waals surface area (Å²) >= 11 is 7.14. The monoisotopic (exact) mass is 389 g/mol. The van der Waals surface area contributed by atoms with Gasteiger partial charge in [0.2, 0.25) is 11.8 Å². The molecule has 0 unspecified atom stereocenters. The van der Waals surface area contributed by atoms with Crippen LogP contribution < -0.4 is 10.2 Å². The highest BCUT2D eigenvalue weighted by molar-refractivity contribution is 7.14. The zero-order valence-corrected chi connectivity index (χ0v) is 15.5. The van der Waals surface area contributed by atoms with Crippen molar-refractivity contribution in [2.75, 3.05) is 10.2 Å². The third kappa shape index (κ3) is 4.71. The maximum absolute atomic E-state index is 12.2. The summed E-state index contributed by atoms with van der Waals surface area (Å²) in [5, 5.41) is 5.69. The van der Waals surface area contributed by atoms with Crippen molar-refractivity contribution in [3.8, 4) is 0 Å². The van der Waals surface area contributed by atoms with Gasteiger partial charge in [0.15, 0.2) is 5.13 Å². The lowest BCUT2D eigenvalue weighted by atomic mass is 10.3. The van der Waals surface area contributed by atoms with E-state index in [9.17, 15) is 9.59 Å². The first kappa shape index (κ1) is 18.2. The first-order chi connectivity index (χ1) is 12.5. The minimum absolute atomic E-state index is 0.117. The summed E-state index contributed by atoms with van der Waals surface area (Å²) in [6.45, 7) is 1.77. The smallest absolute Gasteiger partial charge is 0.230 e. The molecule has 1 N–H and O–H groups in total. The molecule has 1 aromatic carbocycles. The molecule has 0 saturated heterocycles. The fourth-order valence-corrected chi connectivity index (χ4v) is 3.27. The van der Waals surface area contributed by atoms with E-state index >= 15 is 0 Å². The van der Waals surface area contributed by atoms with Gasteiger partial charge in [-0.3, -0.25) is 14.5 Å². The van der Waals surface area contributed by atoms with Crippen LogP contribution in [0.25, 0.3) is 0 Å². The van der Waals surface area contributed by atoms with Crippen LogP contribution in [0.1, 0.15) is 18.4 Å². The summed E-state index contributed by atoms with van der Waals surface area (Å²) in [4.78, 5) is 30.0. The van der Waals surface area contributed by atoms with Gasteiger partial charge in [-0.2, -0.15) is 0 Å². The van der Waals surface area contributed by atoms with Crippen LogP contribution in [0.4, 0.5) is 10.8 Å². The predicted molar refractivity (Wildman–Crippen MR) is 101 cm³/mol. The second-order valence-corrected chi connectivity index (χ2v) is 6.81. The van der Waals surface area contributed by atoms with E-state index in [1.54, 1.807) is 48.0 Å². The average Bonchev–Trinajstić information content (AvgIpc) is 3.26. The Bertz CT molecular complexity index is 891. The molecule has 26 heavy (non-hydrogen) atoms. The van der Waals surface area contributed by atoms with Crippen LogP contribution >= 0.6 is 22.9 Å². The van der Waals surface area contributed by atoms with E-state index in [1.807, 2.05) is 0 Å². The number of carbonyl (C=O) groups is 2. The molecule has 0 aliphatic heterocycles. The van der Waals surface area contributed by atoms with Gasteiger partial charge in [-0.15, -0.1) is 11.3 Å². The minimum Gasteiger partial charge on any atom is -0.467 e. The Morgan fingerprint density at radius 3 is 2.69 bits per heavy atom. The van der Waals surface area contributed by atoms with Crippen molar-refractivity contribution in [1.82, 2.24) is 4.98 Å². The minimum atomic E-state index is -0.190. The first-order valence-electron chi connectivity index (χ1n) is 7.81. The van der Waals surface area contributed by atoms with Gasteiger partial charge < -0.3 is 9.73 Å². The molecule has 3 rings (SSSR count). The lowest BCUT2D eigenvalue weighted by molar-refractivity contribution is -0.117. The molecule has 2 amide bonds. The number of nitrogens with one attached hydrogen (secondary N) is 1. The largest absolute Gasteiger partial charge is 0.467 e. The van der Waals surface area contributed by atoms with Crippen LogP contribution in [0.5, 0.6) is 0 Å². The molecule has 134 valence electrons. The zero-order chi connectivity index (χ0) is 18.5. The third-order valence-electron chi connectivity index (χ3n) is 3.51. The van der Waals surface area contributed by atoms with E-state index in [0.717, 1.165) is 0 Å². The van der Waals surface area contributed by atoms with Crippen LogP contribution in [0.2, 0.25) is 5.02 Å². The standard InChI is InChI=1S/C18H16ClN3O3S/c1-12(23)22(10-16-3-2-8-25-16)18-21-15(11-26-18)9-17(24)20-14-6-4-13(19)5-7-14/h2-8,11H,9-10H2,1H3,(H,20,24). The number of furan rings is 1. The second-order valence-electron chi connectivity index (χ2n) is 5.54. The molecule has 6 nitrogen and oxygen atoms in total. The van der Waals surface area contributed by atoms with Gasteiger partial charge >= 0.3 is 0 Å². The number of hydrogen-bond acceptors (Lipinski definition) is 5. The van der Waals surface area contributed by atoms with Crippen LogP contribution in [0, 0.1) is 0 Å². The van der Waals surface area contributed by atoms with Crippen LogP contribution in [0.15, 0.2) is 52.5 Å². The summed E-state index contributed by atoms with van der Waals surface area (Å²) in [6, 6.07) is 10.4. The van der Waals surface area contributed by atoms with Gasteiger partial charge in [0.1, 0.15) is 5.76 Å². The van der Waals surface area contributed by atoms with Crippen molar-refractivity contribution in [3.05, 3.63) is 64.5 Å². The molecule has 0 aliphatic rings. The summed E-state index contributed by atoms with van der Waals surface area (Å²) in [5.41, 5.74) is 1.26.